The van der Waals surface area contributed by atoms with Gasteiger partial charge in [-0.05, 0) is 31.7 Å². The van der Waals surface area contributed by atoms with E-state index in [-0.39, 0.29) is 5.97 Å². The first-order chi connectivity index (χ1) is 6.19. The van der Waals surface area contributed by atoms with E-state index in [4.69, 9.17) is 4.74 Å². The van der Waals surface area contributed by atoms with Crippen LogP contribution in [0.4, 0.5) is 0 Å². The lowest BCUT2D eigenvalue weighted by molar-refractivity contribution is 0.0531. The Labute approximate surface area is 86.3 Å². The van der Waals surface area contributed by atoms with Gasteiger partial charge in [0.25, 0.3) is 0 Å². The molecule has 0 aromatic carbocycles. The maximum atomic E-state index is 11.4. The summed E-state index contributed by atoms with van der Waals surface area (Å²) in [6.45, 7) is 4.18. The van der Waals surface area contributed by atoms with Gasteiger partial charge < -0.3 is 4.74 Å². The highest BCUT2D eigenvalue weighted by atomic mass is 32.2. The van der Waals surface area contributed by atoms with E-state index < -0.39 is 0 Å². The number of hydrogen-bond acceptors (Lipinski definition) is 4. The lowest BCUT2D eigenvalue weighted by Crippen LogP contribution is -2.03. The minimum Gasteiger partial charge on any atom is -0.462 e. The third kappa shape index (κ3) is 2.48. The van der Waals surface area contributed by atoms with Gasteiger partial charge in [-0.1, -0.05) is 0 Å². The molecule has 0 aliphatic carbocycles. The molecule has 0 saturated heterocycles. The van der Waals surface area contributed by atoms with Crippen molar-refractivity contribution in [3.63, 3.8) is 0 Å². The van der Waals surface area contributed by atoms with Crippen LogP contribution in [0.2, 0.25) is 0 Å². The number of rotatable bonds is 3. The standard InChI is InChI=1S/C9H12O2S2/c1-4-11-9(10)8-6(2)5-7(12-3)13-8/h5H,4H2,1-3H3. The number of aryl methyl sites for hydroxylation is 1. The highest BCUT2D eigenvalue weighted by Gasteiger charge is 2.13. The molecule has 0 unspecified atom stereocenters. The van der Waals surface area contributed by atoms with Crippen molar-refractivity contribution in [1.29, 1.82) is 0 Å². The van der Waals surface area contributed by atoms with Crippen LogP contribution in [0.25, 0.3) is 0 Å². The predicted molar refractivity (Wildman–Crippen MR) is 56.8 cm³/mol. The summed E-state index contributed by atoms with van der Waals surface area (Å²) in [5.74, 6) is -0.203. The van der Waals surface area contributed by atoms with E-state index in [1.807, 2.05) is 26.2 Å². The number of esters is 1. The number of thiophene rings is 1. The maximum Gasteiger partial charge on any atom is 0.348 e. The van der Waals surface area contributed by atoms with Gasteiger partial charge in [0.05, 0.1) is 10.8 Å². The Bertz CT molecular complexity index is 305. The molecular weight excluding hydrogens is 204 g/mol. The summed E-state index contributed by atoms with van der Waals surface area (Å²) in [7, 11) is 0. The van der Waals surface area contributed by atoms with Crippen LogP contribution < -0.4 is 0 Å². The van der Waals surface area contributed by atoms with E-state index in [9.17, 15) is 4.79 Å². The Balaban J connectivity index is 2.87. The largest absolute Gasteiger partial charge is 0.462 e. The molecular formula is C9H12O2S2. The van der Waals surface area contributed by atoms with Gasteiger partial charge in [-0.2, -0.15) is 0 Å². The number of carbonyl (C=O) groups is 1. The first-order valence-corrected chi connectivity index (χ1v) is 6.04. The fourth-order valence-corrected chi connectivity index (χ4v) is 2.63. The average molecular weight is 216 g/mol. The number of ether oxygens (including phenoxy) is 1. The molecule has 0 aliphatic rings. The minimum absolute atomic E-state index is 0.203. The Hall–Kier alpha value is -0.480. The minimum atomic E-state index is -0.203. The quantitative estimate of drug-likeness (QED) is 0.574. The monoisotopic (exact) mass is 216 g/mol. The zero-order valence-electron chi connectivity index (χ0n) is 7.92. The lowest BCUT2D eigenvalue weighted by atomic mass is 10.3. The SMILES string of the molecule is CCOC(=O)c1sc(SC)cc1C. The molecule has 0 saturated carbocycles. The second-order valence-electron chi connectivity index (χ2n) is 2.50. The van der Waals surface area contributed by atoms with E-state index in [0.717, 1.165) is 14.6 Å². The summed E-state index contributed by atoms with van der Waals surface area (Å²) in [5, 5.41) is 0. The first kappa shape index (κ1) is 10.6. The van der Waals surface area contributed by atoms with Gasteiger partial charge in [-0.15, -0.1) is 23.1 Å². The number of hydrogen-bond donors (Lipinski definition) is 0. The van der Waals surface area contributed by atoms with Gasteiger partial charge in [0.2, 0.25) is 0 Å². The second-order valence-corrected chi connectivity index (χ2v) is 4.66. The van der Waals surface area contributed by atoms with Gasteiger partial charge in [0.1, 0.15) is 4.88 Å². The predicted octanol–water partition coefficient (Wildman–Crippen LogP) is 2.96. The van der Waals surface area contributed by atoms with E-state index in [1.165, 1.54) is 11.3 Å². The highest BCUT2D eigenvalue weighted by Crippen LogP contribution is 2.29. The van der Waals surface area contributed by atoms with E-state index >= 15 is 0 Å². The molecule has 1 aromatic heterocycles. The van der Waals surface area contributed by atoms with Crippen molar-refractivity contribution in [3.05, 3.63) is 16.5 Å². The Morgan fingerprint density at radius 3 is 2.85 bits per heavy atom. The molecule has 0 spiro atoms. The molecule has 0 atom stereocenters. The molecule has 0 radical (unpaired) electrons. The molecule has 72 valence electrons. The molecule has 4 heteroatoms. The first-order valence-electron chi connectivity index (χ1n) is 4.00. The third-order valence-corrected chi connectivity index (χ3v) is 3.84. The van der Waals surface area contributed by atoms with Gasteiger partial charge in [-0.3, -0.25) is 0 Å². The Morgan fingerprint density at radius 2 is 2.38 bits per heavy atom. The summed E-state index contributed by atoms with van der Waals surface area (Å²) in [6, 6.07) is 2.02. The van der Waals surface area contributed by atoms with Crippen LogP contribution in [0.5, 0.6) is 0 Å². The van der Waals surface area contributed by atoms with Gasteiger partial charge in [-0.25, -0.2) is 4.79 Å². The smallest absolute Gasteiger partial charge is 0.348 e. The van der Waals surface area contributed by atoms with E-state index in [1.54, 1.807) is 11.8 Å². The zero-order chi connectivity index (χ0) is 9.84. The molecule has 1 heterocycles. The van der Waals surface area contributed by atoms with Crippen molar-refractivity contribution in [1.82, 2.24) is 0 Å². The van der Waals surface area contributed by atoms with Crippen molar-refractivity contribution in [2.45, 2.75) is 18.1 Å². The van der Waals surface area contributed by atoms with Crippen LogP contribution in [-0.2, 0) is 4.74 Å². The molecule has 0 amide bonds. The van der Waals surface area contributed by atoms with Crippen LogP contribution in [0.1, 0.15) is 22.2 Å². The van der Waals surface area contributed by atoms with Gasteiger partial charge in [0, 0.05) is 0 Å². The summed E-state index contributed by atoms with van der Waals surface area (Å²) in [4.78, 5) is 12.1. The highest BCUT2D eigenvalue weighted by molar-refractivity contribution is 8.00. The van der Waals surface area contributed by atoms with Gasteiger partial charge in [0.15, 0.2) is 0 Å². The van der Waals surface area contributed by atoms with E-state index in [0.29, 0.717) is 6.61 Å². The van der Waals surface area contributed by atoms with Crippen LogP contribution in [0, 0.1) is 6.92 Å². The topological polar surface area (TPSA) is 26.3 Å². The molecule has 1 aromatic rings. The second kappa shape index (κ2) is 4.67. The maximum absolute atomic E-state index is 11.4. The Morgan fingerprint density at radius 1 is 1.69 bits per heavy atom. The fraction of sp³-hybridized carbons (Fsp3) is 0.444. The van der Waals surface area contributed by atoms with Gasteiger partial charge >= 0.3 is 5.97 Å². The summed E-state index contributed by atoms with van der Waals surface area (Å²) in [5.41, 5.74) is 1.01. The van der Waals surface area contributed by atoms with Crippen molar-refractivity contribution in [3.8, 4) is 0 Å². The molecule has 0 fully saturated rings. The fourth-order valence-electron chi connectivity index (χ4n) is 0.953. The summed E-state index contributed by atoms with van der Waals surface area (Å²) < 4.78 is 6.08. The molecule has 0 bridgehead atoms. The van der Waals surface area contributed by atoms with E-state index in [2.05, 4.69) is 0 Å². The lowest BCUT2D eigenvalue weighted by Gasteiger charge is -1.98. The van der Waals surface area contributed by atoms with Crippen LogP contribution >= 0.6 is 23.1 Å². The van der Waals surface area contributed by atoms with Crippen LogP contribution in [0.3, 0.4) is 0 Å². The third-order valence-electron chi connectivity index (χ3n) is 1.56. The van der Waals surface area contributed by atoms with Crippen molar-refractivity contribution in [2.75, 3.05) is 12.9 Å². The molecule has 2 nitrogen and oxygen atoms in total. The van der Waals surface area contributed by atoms with Crippen LogP contribution in [0.15, 0.2) is 10.3 Å². The summed E-state index contributed by atoms with van der Waals surface area (Å²) >= 11 is 3.15. The number of thioether (sulfide) groups is 1. The molecule has 0 aliphatic heterocycles. The van der Waals surface area contributed by atoms with Crippen molar-refractivity contribution < 1.29 is 9.53 Å². The van der Waals surface area contributed by atoms with Crippen molar-refractivity contribution in [2.24, 2.45) is 0 Å². The number of carbonyl (C=O) groups excluding carboxylic acids is 1. The zero-order valence-corrected chi connectivity index (χ0v) is 9.55. The summed E-state index contributed by atoms with van der Waals surface area (Å²) in [6.07, 6.45) is 2.00. The van der Waals surface area contributed by atoms with Crippen molar-refractivity contribution >= 4 is 29.1 Å². The van der Waals surface area contributed by atoms with Crippen LogP contribution in [-0.4, -0.2) is 18.8 Å². The average Bonchev–Trinajstić information content (AvgIpc) is 2.47. The molecule has 1 rings (SSSR count). The normalized spacial score (nSPS) is 10.1. The Kier molecular flexibility index (Phi) is 3.81. The molecule has 0 N–H and O–H groups in total. The molecule has 13 heavy (non-hydrogen) atoms.